The normalized spacial score (nSPS) is 12.5. The molecule has 0 spiro atoms. The fourth-order valence-corrected chi connectivity index (χ4v) is 1.09. The van der Waals surface area contributed by atoms with Crippen molar-refractivity contribution in [3.63, 3.8) is 0 Å². The Morgan fingerprint density at radius 2 is 2.36 bits per heavy atom. The lowest BCUT2D eigenvalue weighted by atomic mass is 10.2. The van der Waals surface area contributed by atoms with Crippen molar-refractivity contribution >= 4 is 15.9 Å². The van der Waals surface area contributed by atoms with Gasteiger partial charge in [0.15, 0.2) is 0 Å². The molecule has 0 amide bonds. The summed E-state index contributed by atoms with van der Waals surface area (Å²) in [7, 11) is 0. The molecule has 0 saturated heterocycles. The van der Waals surface area contributed by atoms with Gasteiger partial charge in [0.25, 0.3) is 0 Å². The first kappa shape index (κ1) is 8.43. The molecule has 0 radical (unpaired) electrons. The Morgan fingerprint density at radius 3 is 2.91 bits per heavy atom. The van der Waals surface area contributed by atoms with Gasteiger partial charge in [-0.15, -0.1) is 6.58 Å². The second-order valence-electron chi connectivity index (χ2n) is 2.15. The summed E-state index contributed by atoms with van der Waals surface area (Å²) in [5, 5.41) is 0. The maximum Gasteiger partial charge on any atom is 0.106 e. The van der Waals surface area contributed by atoms with Crippen LogP contribution in [0.25, 0.3) is 0 Å². The first-order valence-corrected chi connectivity index (χ1v) is 4.04. The van der Waals surface area contributed by atoms with Gasteiger partial charge in [0, 0.05) is 0 Å². The molecular weight excluding hydrogens is 204 g/mol. The van der Waals surface area contributed by atoms with Crippen LogP contribution in [-0.2, 0) is 0 Å². The van der Waals surface area contributed by atoms with E-state index in [0.717, 1.165) is 10.3 Å². The average Bonchev–Trinajstić information content (AvgIpc) is 2.03. The van der Waals surface area contributed by atoms with E-state index in [-0.39, 0.29) is 6.04 Å². The Morgan fingerprint density at radius 1 is 1.64 bits per heavy atom. The number of pyridine rings is 1. The minimum atomic E-state index is -0.174. The molecule has 1 aromatic heterocycles. The third kappa shape index (κ3) is 2.13. The van der Waals surface area contributed by atoms with E-state index < -0.39 is 0 Å². The highest BCUT2D eigenvalue weighted by Crippen LogP contribution is 2.11. The average molecular weight is 213 g/mol. The highest BCUT2D eigenvalue weighted by atomic mass is 79.9. The van der Waals surface area contributed by atoms with Gasteiger partial charge in [0.1, 0.15) is 4.60 Å². The second-order valence-corrected chi connectivity index (χ2v) is 2.96. The van der Waals surface area contributed by atoms with E-state index in [2.05, 4.69) is 27.5 Å². The molecule has 0 aliphatic heterocycles. The molecule has 1 unspecified atom stereocenters. The summed E-state index contributed by atoms with van der Waals surface area (Å²) in [5.74, 6) is 0. The predicted octanol–water partition coefficient (Wildman–Crippen LogP) is 2.03. The van der Waals surface area contributed by atoms with Crippen LogP contribution in [0.3, 0.4) is 0 Å². The fourth-order valence-electron chi connectivity index (χ4n) is 0.730. The molecule has 0 fully saturated rings. The lowest BCUT2D eigenvalue weighted by molar-refractivity contribution is 0.859. The van der Waals surface area contributed by atoms with Gasteiger partial charge in [-0.1, -0.05) is 12.1 Å². The molecule has 2 N–H and O–H groups in total. The van der Waals surface area contributed by atoms with Crippen molar-refractivity contribution in [3.8, 4) is 0 Å². The fraction of sp³-hybridized carbons (Fsp3) is 0.125. The second kappa shape index (κ2) is 3.64. The molecule has 0 aliphatic rings. The number of halogens is 1. The minimum absolute atomic E-state index is 0.174. The molecular formula is C8H9BrN2. The van der Waals surface area contributed by atoms with Crippen LogP contribution in [0.5, 0.6) is 0 Å². The van der Waals surface area contributed by atoms with Gasteiger partial charge in [-0.05, 0) is 28.1 Å². The number of rotatable bonds is 2. The van der Waals surface area contributed by atoms with Crippen LogP contribution >= 0.6 is 15.9 Å². The van der Waals surface area contributed by atoms with Crippen molar-refractivity contribution in [2.45, 2.75) is 6.04 Å². The molecule has 0 saturated carbocycles. The number of nitrogens with zero attached hydrogens (tertiary/aromatic N) is 1. The first-order valence-electron chi connectivity index (χ1n) is 3.24. The van der Waals surface area contributed by atoms with Crippen LogP contribution in [0.15, 0.2) is 35.5 Å². The summed E-state index contributed by atoms with van der Waals surface area (Å²) in [5.41, 5.74) is 6.49. The Labute approximate surface area is 74.3 Å². The summed E-state index contributed by atoms with van der Waals surface area (Å²) in [6.07, 6.45) is 1.66. The third-order valence-electron chi connectivity index (χ3n) is 1.33. The van der Waals surface area contributed by atoms with E-state index in [1.165, 1.54) is 0 Å². The van der Waals surface area contributed by atoms with E-state index in [9.17, 15) is 0 Å². The SMILES string of the molecule is C=CC(N)c1cccc(Br)n1. The van der Waals surface area contributed by atoms with Crippen LogP contribution in [0.1, 0.15) is 11.7 Å². The van der Waals surface area contributed by atoms with Gasteiger partial charge in [-0.2, -0.15) is 0 Å². The number of hydrogen-bond donors (Lipinski definition) is 1. The molecule has 0 aromatic carbocycles. The van der Waals surface area contributed by atoms with Gasteiger partial charge in [-0.25, -0.2) is 4.98 Å². The van der Waals surface area contributed by atoms with Gasteiger partial charge < -0.3 is 5.73 Å². The highest BCUT2D eigenvalue weighted by Gasteiger charge is 2.01. The Balaban J connectivity index is 2.95. The predicted molar refractivity (Wildman–Crippen MR) is 49.1 cm³/mol. The number of hydrogen-bond acceptors (Lipinski definition) is 2. The standard InChI is InChI=1S/C8H9BrN2/c1-2-6(10)7-4-3-5-8(9)11-7/h2-6H,1,10H2. The van der Waals surface area contributed by atoms with Crippen LogP contribution in [0.4, 0.5) is 0 Å². The Bertz CT molecular complexity index is 260. The van der Waals surface area contributed by atoms with Crippen molar-refractivity contribution in [2.24, 2.45) is 5.73 Å². The third-order valence-corrected chi connectivity index (χ3v) is 1.77. The maximum atomic E-state index is 5.66. The summed E-state index contributed by atoms with van der Waals surface area (Å²) < 4.78 is 0.798. The first-order chi connectivity index (χ1) is 5.24. The lowest BCUT2D eigenvalue weighted by Crippen LogP contribution is -2.08. The topological polar surface area (TPSA) is 38.9 Å². The molecule has 1 rings (SSSR count). The van der Waals surface area contributed by atoms with Crippen molar-refractivity contribution in [1.82, 2.24) is 4.98 Å². The Hall–Kier alpha value is -0.670. The quantitative estimate of drug-likeness (QED) is 0.603. The summed E-state index contributed by atoms with van der Waals surface area (Å²) >= 11 is 3.26. The van der Waals surface area contributed by atoms with Crippen LogP contribution < -0.4 is 5.73 Å². The van der Waals surface area contributed by atoms with E-state index in [4.69, 9.17) is 5.73 Å². The number of nitrogens with two attached hydrogens (primary N) is 1. The minimum Gasteiger partial charge on any atom is -0.319 e. The summed E-state index contributed by atoms with van der Waals surface area (Å²) in [6, 6.07) is 5.46. The molecule has 2 nitrogen and oxygen atoms in total. The van der Waals surface area contributed by atoms with Crippen LogP contribution in [0, 0.1) is 0 Å². The van der Waals surface area contributed by atoms with Crippen molar-refractivity contribution in [2.75, 3.05) is 0 Å². The molecule has 1 aromatic rings. The lowest BCUT2D eigenvalue weighted by Gasteiger charge is -2.04. The molecule has 1 heterocycles. The zero-order chi connectivity index (χ0) is 8.27. The molecule has 11 heavy (non-hydrogen) atoms. The molecule has 58 valence electrons. The van der Waals surface area contributed by atoms with Gasteiger partial charge in [-0.3, -0.25) is 0 Å². The largest absolute Gasteiger partial charge is 0.319 e. The summed E-state index contributed by atoms with van der Waals surface area (Å²) in [4.78, 5) is 4.16. The van der Waals surface area contributed by atoms with E-state index in [1.54, 1.807) is 6.08 Å². The van der Waals surface area contributed by atoms with Gasteiger partial charge >= 0.3 is 0 Å². The molecule has 1 atom stereocenters. The van der Waals surface area contributed by atoms with Crippen molar-refractivity contribution < 1.29 is 0 Å². The molecule has 3 heteroatoms. The monoisotopic (exact) mass is 212 g/mol. The zero-order valence-electron chi connectivity index (χ0n) is 6.00. The zero-order valence-corrected chi connectivity index (χ0v) is 7.58. The van der Waals surface area contributed by atoms with Crippen LogP contribution in [-0.4, -0.2) is 4.98 Å². The highest BCUT2D eigenvalue weighted by molar-refractivity contribution is 9.10. The van der Waals surface area contributed by atoms with Gasteiger partial charge in [0.05, 0.1) is 11.7 Å². The number of aromatic nitrogens is 1. The Kier molecular flexibility index (Phi) is 2.79. The maximum absolute atomic E-state index is 5.66. The van der Waals surface area contributed by atoms with E-state index in [0.29, 0.717) is 0 Å². The van der Waals surface area contributed by atoms with Crippen molar-refractivity contribution in [3.05, 3.63) is 41.2 Å². The van der Waals surface area contributed by atoms with E-state index in [1.807, 2.05) is 18.2 Å². The van der Waals surface area contributed by atoms with Crippen molar-refractivity contribution in [1.29, 1.82) is 0 Å². The van der Waals surface area contributed by atoms with Gasteiger partial charge in [0.2, 0.25) is 0 Å². The van der Waals surface area contributed by atoms with E-state index >= 15 is 0 Å². The van der Waals surface area contributed by atoms with Crippen LogP contribution in [0.2, 0.25) is 0 Å². The molecule has 0 aliphatic carbocycles. The smallest absolute Gasteiger partial charge is 0.106 e. The molecule has 0 bridgehead atoms. The summed E-state index contributed by atoms with van der Waals surface area (Å²) in [6.45, 7) is 3.59.